The molecule has 11 heteroatoms. The molecule has 2 aromatic rings. The average molecular weight is 406 g/mol. The number of hydrogen-bond acceptors (Lipinski definition) is 6. The van der Waals surface area contributed by atoms with Crippen LogP contribution in [-0.4, -0.2) is 62.6 Å². The molecule has 4 rings (SSSR count). The summed E-state index contributed by atoms with van der Waals surface area (Å²) in [6.45, 7) is 1.74. The molecular formula is C17H22N6O4S. The highest BCUT2D eigenvalue weighted by atomic mass is 32.2. The zero-order chi connectivity index (χ0) is 19.9. The lowest BCUT2D eigenvalue weighted by Gasteiger charge is -2.34. The van der Waals surface area contributed by atoms with Gasteiger partial charge in [0.1, 0.15) is 0 Å². The fraction of sp³-hybridized carbons (Fsp3) is 0.529. The summed E-state index contributed by atoms with van der Waals surface area (Å²) in [4.78, 5) is 28.0. The smallest absolute Gasteiger partial charge is 0.255 e. The summed E-state index contributed by atoms with van der Waals surface area (Å²) in [6, 6.07) is 2.50. The first-order valence-corrected chi connectivity index (χ1v) is 11.1. The van der Waals surface area contributed by atoms with Gasteiger partial charge in [0.15, 0.2) is 11.6 Å². The number of rotatable bonds is 3. The van der Waals surface area contributed by atoms with Crippen LogP contribution in [0.15, 0.2) is 23.1 Å². The van der Waals surface area contributed by atoms with Crippen LogP contribution in [0.5, 0.6) is 0 Å². The van der Waals surface area contributed by atoms with Crippen LogP contribution in [0.25, 0.3) is 0 Å². The van der Waals surface area contributed by atoms with E-state index in [1.165, 1.54) is 28.9 Å². The zero-order valence-electron chi connectivity index (χ0n) is 15.5. The van der Waals surface area contributed by atoms with Crippen LogP contribution < -0.4 is 5.56 Å². The Hall–Kier alpha value is -2.53. The number of H-pyrrole nitrogens is 1. The summed E-state index contributed by atoms with van der Waals surface area (Å²) < 4.78 is 27.8. The highest BCUT2D eigenvalue weighted by Crippen LogP contribution is 2.33. The Morgan fingerprint density at radius 3 is 2.71 bits per heavy atom. The minimum Gasteiger partial charge on any atom is -0.329 e. The zero-order valence-corrected chi connectivity index (χ0v) is 16.4. The number of piperidine rings is 1. The Kier molecular flexibility index (Phi) is 4.79. The van der Waals surface area contributed by atoms with Crippen LogP contribution in [0.1, 0.15) is 47.3 Å². The Morgan fingerprint density at radius 1 is 1.18 bits per heavy atom. The monoisotopic (exact) mass is 406 g/mol. The number of nitrogens with zero attached hydrogens (tertiary/aromatic N) is 5. The van der Waals surface area contributed by atoms with Crippen molar-refractivity contribution in [1.82, 2.24) is 29.0 Å². The van der Waals surface area contributed by atoms with Gasteiger partial charge in [0.2, 0.25) is 15.6 Å². The maximum atomic E-state index is 12.7. The standard InChI is InChI=1S/C17H22N6O4S/c1-28(26,27)23-7-3-2-4-13(23)16-20-19-14-11-21(8-9-22(14)16)17(25)12-5-6-15(24)18-10-12/h5-6,10,13H,2-4,7-9,11H2,1H3,(H,18,24). The highest BCUT2D eigenvalue weighted by Gasteiger charge is 2.36. The number of nitrogens with one attached hydrogen (secondary N) is 1. The van der Waals surface area contributed by atoms with Gasteiger partial charge in [0, 0.05) is 31.9 Å². The molecule has 2 aliphatic rings. The van der Waals surface area contributed by atoms with Crippen molar-refractivity contribution < 1.29 is 13.2 Å². The lowest BCUT2D eigenvalue weighted by atomic mass is 10.0. The van der Waals surface area contributed by atoms with Gasteiger partial charge in [-0.3, -0.25) is 9.59 Å². The molecule has 2 aliphatic heterocycles. The van der Waals surface area contributed by atoms with Crippen molar-refractivity contribution in [2.24, 2.45) is 0 Å². The topological polar surface area (TPSA) is 121 Å². The second kappa shape index (κ2) is 7.13. The molecule has 0 radical (unpaired) electrons. The number of carbonyl (C=O) groups is 1. The fourth-order valence-electron chi connectivity index (χ4n) is 3.89. The molecule has 0 bridgehead atoms. The number of hydrogen-bond donors (Lipinski definition) is 1. The molecule has 2 aromatic heterocycles. The minimum absolute atomic E-state index is 0.192. The molecule has 1 N–H and O–H groups in total. The first-order chi connectivity index (χ1) is 13.3. The lowest BCUT2D eigenvalue weighted by Crippen LogP contribution is -2.42. The Labute approximate surface area is 162 Å². The van der Waals surface area contributed by atoms with Crippen LogP contribution in [0.4, 0.5) is 0 Å². The molecule has 0 aliphatic carbocycles. The first-order valence-electron chi connectivity index (χ1n) is 9.21. The van der Waals surface area contributed by atoms with E-state index in [1.54, 1.807) is 4.90 Å². The summed E-state index contributed by atoms with van der Waals surface area (Å²) in [6.07, 6.45) is 5.12. The molecule has 150 valence electrons. The van der Waals surface area contributed by atoms with E-state index in [1.807, 2.05) is 4.57 Å². The third-order valence-corrected chi connectivity index (χ3v) is 6.57. The van der Waals surface area contributed by atoms with E-state index in [-0.39, 0.29) is 24.1 Å². The molecule has 1 fully saturated rings. The van der Waals surface area contributed by atoms with Gasteiger partial charge in [0.25, 0.3) is 5.91 Å². The normalized spacial score (nSPS) is 20.8. The van der Waals surface area contributed by atoms with Gasteiger partial charge >= 0.3 is 0 Å². The number of aromatic nitrogens is 4. The number of pyridine rings is 1. The fourth-order valence-corrected chi connectivity index (χ4v) is 5.01. The third kappa shape index (κ3) is 3.47. The second-order valence-electron chi connectivity index (χ2n) is 7.18. The summed E-state index contributed by atoms with van der Waals surface area (Å²) in [5.74, 6) is 1.09. The van der Waals surface area contributed by atoms with E-state index in [9.17, 15) is 18.0 Å². The third-order valence-electron chi connectivity index (χ3n) is 5.28. The first kappa shape index (κ1) is 18.8. The maximum Gasteiger partial charge on any atom is 0.255 e. The quantitative estimate of drug-likeness (QED) is 0.772. The van der Waals surface area contributed by atoms with Gasteiger partial charge in [-0.1, -0.05) is 6.42 Å². The lowest BCUT2D eigenvalue weighted by molar-refractivity contribution is 0.0704. The largest absolute Gasteiger partial charge is 0.329 e. The van der Waals surface area contributed by atoms with Crippen molar-refractivity contribution in [3.8, 4) is 0 Å². The average Bonchev–Trinajstić information content (AvgIpc) is 3.10. The Bertz CT molecular complexity index is 1040. The Balaban J connectivity index is 1.57. The number of sulfonamides is 1. The van der Waals surface area contributed by atoms with Crippen LogP contribution in [0.3, 0.4) is 0 Å². The van der Waals surface area contributed by atoms with Crippen molar-refractivity contribution in [3.63, 3.8) is 0 Å². The van der Waals surface area contributed by atoms with Gasteiger partial charge in [0.05, 0.1) is 24.4 Å². The molecule has 1 atom stereocenters. The number of carbonyl (C=O) groups excluding carboxylic acids is 1. The van der Waals surface area contributed by atoms with E-state index < -0.39 is 10.0 Å². The molecular weight excluding hydrogens is 384 g/mol. The van der Waals surface area contributed by atoms with E-state index in [4.69, 9.17) is 0 Å². The number of fused-ring (bicyclic) bond motifs is 1. The van der Waals surface area contributed by atoms with Gasteiger partial charge in [-0.05, 0) is 18.9 Å². The minimum atomic E-state index is -3.33. The molecule has 1 unspecified atom stereocenters. The summed E-state index contributed by atoms with van der Waals surface area (Å²) in [7, 11) is -3.33. The molecule has 1 saturated heterocycles. The number of amides is 1. The van der Waals surface area contributed by atoms with Gasteiger partial charge in [-0.15, -0.1) is 10.2 Å². The Morgan fingerprint density at radius 2 is 2.00 bits per heavy atom. The second-order valence-corrected chi connectivity index (χ2v) is 9.11. The summed E-state index contributed by atoms with van der Waals surface area (Å²) in [5, 5.41) is 8.51. The molecule has 28 heavy (non-hydrogen) atoms. The molecule has 0 saturated carbocycles. The molecule has 0 aromatic carbocycles. The predicted molar refractivity (Wildman–Crippen MR) is 100.0 cm³/mol. The predicted octanol–water partition coefficient (Wildman–Crippen LogP) is 0.109. The van der Waals surface area contributed by atoms with Crippen LogP contribution in [0.2, 0.25) is 0 Å². The molecule has 4 heterocycles. The SMILES string of the molecule is CS(=O)(=O)N1CCCCC1c1nnc2n1CCN(C(=O)c1ccc(=O)[nH]c1)C2. The molecule has 1 amide bonds. The van der Waals surface area contributed by atoms with Crippen LogP contribution >= 0.6 is 0 Å². The van der Waals surface area contributed by atoms with E-state index in [2.05, 4.69) is 15.2 Å². The maximum absolute atomic E-state index is 12.7. The van der Waals surface area contributed by atoms with Crippen molar-refractivity contribution in [2.45, 2.75) is 38.4 Å². The van der Waals surface area contributed by atoms with Crippen molar-refractivity contribution >= 4 is 15.9 Å². The highest BCUT2D eigenvalue weighted by molar-refractivity contribution is 7.88. The van der Waals surface area contributed by atoms with E-state index in [0.717, 1.165) is 12.8 Å². The molecule has 10 nitrogen and oxygen atoms in total. The summed E-state index contributed by atoms with van der Waals surface area (Å²) in [5.41, 5.74) is 0.144. The van der Waals surface area contributed by atoms with Crippen LogP contribution in [-0.2, 0) is 23.1 Å². The number of aromatic amines is 1. The van der Waals surface area contributed by atoms with Crippen molar-refractivity contribution in [3.05, 3.63) is 45.9 Å². The van der Waals surface area contributed by atoms with Gasteiger partial charge in [-0.25, -0.2) is 8.42 Å². The van der Waals surface area contributed by atoms with Gasteiger partial charge in [-0.2, -0.15) is 4.31 Å². The van der Waals surface area contributed by atoms with E-state index >= 15 is 0 Å². The molecule has 0 spiro atoms. The van der Waals surface area contributed by atoms with Gasteiger partial charge < -0.3 is 14.5 Å². The van der Waals surface area contributed by atoms with Crippen LogP contribution in [0, 0.1) is 0 Å². The van der Waals surface area contributed by atoms with Crippen molar-refractivity contribution in [1.29, 1.82) is 0 Å². The van der Waals surface area contributed by atoms with E-state index in [0.29, 0.717) is 43.3 Å². The summed E-state index contributed by atoms with van der Waals surface area (Å²) >= 11 is 0. The van der Waals surface area contributed by atoms with Crippen molar-refractivity contribution in [2.75, 3.05) is 19.3 Å².